The van der Waals surface area contributed by atoms with Crippen LogP contribution in [-0.4, -0.2) is 18.1 Å². The SMILES string of the molecule is COC(=O)CC#Cc1cnc(N)cc1Cl. The molecule has 0 unspecified atom stereocenters. The topological polar surface area (TPSA) is 65.2 Å². The van der Waals surface area contributed by atoms with Crippen molar-refractivity contribution < 1.29 is 9.53 Å². The molecule has 78 valence electrons. The normalized spacial score (nSPS) is 8.93. The van der Waals surface area contributed by atoms with Crippen molar-refractivity contribution in [3.05, 3.63) is 22.8 Å². The van der Waals surface area contributed by atoms with Gasteiger partial charge in [0.05, 0.1) is 17.7 Å². The number of pyridine rings is 1. The minimum atomic E-state index is -0.387. The molecule has 0 fully saturated rings. The Labute approximate surface area is 92.4 Å². The second-order valence-electron chi connectivity index (χ2n) is 2.64. The van der Waals surface area contributed by atoms with E-state index in [9.17, 15) is 4.79 Å². The van der Waals surface area contributed by atoms with Gasteiger partial charge in [-0.3, -0.25) is 4.79 Å². The van der Waals surface area contributed by atoms with Gasteiger partial charge in [-0.2, -0.15) is 0 Å². The molecule has 0 amide bonds. The number of carbonyl (C=O) groups excluding carboxylic acids is 1. The van der Waals surface area contributed by atoms with Crippen LogP contribution in [0.3, 0.4) is 0 Å². The Morgan fingerprint density at radius 2 is 2.47 bits per heavy atom. The molecule has 0 bridgehead atoms. The number of rotatable bonds is 1. The van der Waals surface area contributed by atoms with Crippen molar-refractivity contribution in [1.82, 2.24) is 4.98 Å². The Bertz CT molecular complexity index is 435. The van der Waals surface area contributed by atoms with E-state index in [0.717, 1.165) is 0 Å². The lowest BCUT2D eigenvalue weighted by Crippen LogP contribution is -1.97. The first-order chi connectivity index (χ1) is 7.13. The number of anilines is 1. The summed E-state index contributed by atoms with van der Waals surface area (Å²) in [7, 11) is 1.31. The maximum atomic E-state index is 10.7. The zero-order valence-electron chi connectivity index (χ0n) is 8.08. The predicted molar refractivity (Wildman–Crippen MR) is 57.2 cm³/mol. The molecule has 0 aliphatic rings. The number of esters is 1. The fourth-order valence-corrected chi connectivity index (χ4v) is 1.03. The number of methoxy groups -OCH3 is 1. The molecule has 0 radical (unpaired) electrons. The highest BCUT2D eigenvalue weighted by atomic mass is 35.5. The van der Waals surface area contributed by atoms with Crippen molar-refractivity contribution >= 4 is 23.4 Å². The molecular weight excluding hydrogens is 216 g/mol. The van der Waals surface area contributed by atoms with Crippen LogP contribution in [0.5, 0.6) is 0 Å². The van der Waals surface area contributed by atoms with Crippen LogP contribution >= 0.6 is 11.6 Å². The Balaban J connectivity index is 2.76. The molecule has 0 saturated carbocycles. The summed E-state index contributed by atoms with van der Waals surface area (Å²) in [4.78, 5) is 14.6. The average molecular weight is 225 g/mol. The summed E-state index contributed by atoms with van der Waals surface area (Å²) in [6.45, 7) is 0. The van der Waals surface area contributed by atoms with Crippen LogP contribution in [0.4, 0.5) is 5.82 Å². The number of nitrogens with zero attached hydrogens (tertiary/aromatic N) is 1. The van der Waals surface area contributed by atoms with E-state index in [1.54, 1.807) is 0 Å². The molecule has 0 saturated heterocycles. The first-order valence-corrected chi connectivity index (χ1v) is 4.48. The van der Waals surface area contributed by atoms with Crippen molar-refractivity contribution in [3.63, 3.8) is 0 Å². The zero-order chi connectivity index (χ0) is 11.3. The number of ether oxygens (including phenoxy) is 1. The Morgan fingerprint density at radius 1 is 1.73 bits per heavy atom. The maximum absolute atomic E-state index is 10.7. The summed E-state index contributed by atoms with van der Waals surface area (Å²) in [5.41, 5.74) is 5.94. The molecule has 0 aliphatic carbocycles. The van der Waals surface area contributed by atoms with Crippen molar-refractivity contribution in [2.75, 3.05) is 12.8 Å². The fourth-order valence-electron chi connectivity index (χ4n) is 0.821. The van der Waals surface area contributed by atoms with Crippen molar-refractivity contribution in [2.24, 2.45) is 0 Å². The Morgan fingerprint density at radius 3 is 3.07 bits per heavy atom. The largest absolute Gasteiger partial charge is 0.468 e. The first-order valence-electron chi connectivity index (χ1n) is 4.10. The molecular formula is C10H9ClN2O2. The smallest absolute Gasteiger partial charge is 0.317 e. The molecule has 1 rings (SSSR count). The number of hydrogen-bond donors (Lipinski definition) is 1. The molecule has 5 heteroatoms. The molecule has 2 N–H and O–H groups in total. The first kappa shape index (κ1) is 11.3. The van der Waals surface area contributed by atoms with Gasteiger partial charge in [0.25, 0.3) is 0 Å². The molecule has 1 heterocycles. The third-order valence-corrected chi connectivity index (χ3v) is 1.87. The van der Waals surface area contributed by atoms with Crippen molar-refractivity contribution in [1.29, 1.82) is 0 Å². The van der Waals surface area contributed by atoms with E-state index >= 15 is 0 Å². The third-order valence-electron chi connectivity index (χ3n) is 1.56. The summed E-state index contributed by atoms with van der Waals surface area (Å²) >= 11 is 5.84. The Hall–Kier alpha value is -1.73. The zero-order valence-corrected chi connectivity index (χ0v) is 8.84. The molecule has 15 heavy (non-hydrogen) atoms. The van der Waals surface area contributed by atoms with Crippen molar-refractivity contribution in [3.8, 4) is 11.8 Å². The molecule has 0 aromatic carbocycles. The van der Waals surface area contributed by atoms with Crippen LogP contribution in [0.2, 0.25) is 5.02 Å². The summed E-state index contributed by atoms with van der Waals surface area (Å²) in [6, 6.07) is 1.50. The summed E-state index contributed by atoms with van der Waals surface area (Å²) < 4.78 is 4.43. The van der Waals surface area contributed by atoms with Gasteiger partial charge in [0.15, 0.2) is 0 Å². The lowest BCUT2D eigenvalue weighted by atomic mass is 10.2. The van der Waals surface area contributed by atoms with E-state index in [0.29, 0.717) is 16.4 Å². The predicted octanol–water partition coefficient (Wildman–Crippen LogP) is 1.23. The van der Waals surface area contributed by atoms with E-state index in [-0.39, 0.29) is 12.4 Å². The molecule has 0 atom stereocenters. The van der Waals surface area contributed by atoms with E-state index in [4.69, 9.17) is 17.3 Å². The second kappa shape index (κ2) is 5.23. The molecule has 0 aliphatic heterocycles. The van der Waals surface area contributed by atoms with Gasteiger partial charge in [-0.15, -0.1) is 0 Å². The van der Waals surface area contributed by atoms with Gasteiger partial charge in [0.2, 0.25) is 0 Å². The van der Waals surface area contributed by atoms with E-state index < -0.39 is 0 Å². The summed E-state index contributed by atoms with van der Waals surface area (Å²) in [6.07, 6.45) is 1.49. The molecule has 4 nitrogen and oxygen atoms in total. The Kier molecular flexibility index (Phi) is 3.95. The van der Waals surface area contributed by atoms with Gasteiger partial charge in [-0.1, -0.05) is 23.4 Å². The van der Waals surface area contributed by atoms with E-state index in [1.807, 2.05) is 0 Å². The summed E-state index contributed by atoms with van der Waals surface area (Å²) in [5, 5.41) is 0.417. The average Bonchev–Trinajstić information content (AvgIpc) is 2.21. The number of carbonyl (C=O) groups is 1. The lowest BCUT2D eigenvalue weighted by molar-refractivity contribution is -0.139. The molecule has 1 aromatic heterocycles. The number of nitrogens with two attached hydrogens (primary N) is 1. The maximum Gasteiger partial charge on any atom is 0.317 e. The molecule has 0 spiro atoms. The standard InChI is InChI=1S/C10H9ClN2O2/c1-15-10(14)4-2-3-7-6-13-9(12)5-8(7)11/h5-6H,4H2,1H3,(H2,12,13). The lowest BCUT2D eigenvalue weighted by Gasteiger charge is -1.96. The fraction of sp³-hybridized carbons (Fsp3) is 0.200. The van der Waals surface area contributed by atoms with Crippen LogP contribution in [0, 0.1) is 11.8 Å². The van der Waals surface area contributed by atoms with Crippen LogP contribution in [0.1, 0.15) is 12.0 Å². The van der Waals surface area contributed by atoms with Crippen LogP contribution in [-0.2, 0) is 9.53 Å². The van der Waals surface area contributed by atoms with E-state index in [1.165, 1.54) is 19.4 Å². The highest BCUT2D eigenvalue weighted by molar-refractivity contribution is 6.31. The van der Waals surface area contributed by atoms with Gasteiger partial charge in [0.1, 0.15) is 12.2 Å². The summed E-state index contributed by atoms with van der Waals surface area (Å²) in [5.74, 6) is 5.27. The van der Waals surface area contributed by atoms with Crippen LogP contribution in [0.25, 0.3) is 0 Å². The van der Waals surface area contributed by atoms with Crippen molar-refractivity contribution in [2.45, 2.75) is 6.42 Å². The van der Waals surface area contributed by atoms with Gasteiger partial charge in [-0.25, -0.2) is 4.98 Å². The number of hydrogen-bond acceptors (Lipinski definition) is 4. The highest BCUT2D eigenvalue weighted by Gasteiger charge is 1.98. The van der Waals surface area contributed by atoms with Gasteiger partial charge < -0.3 is 10.5 Å². The number of aromatic nitrogens is 1. The number of halogens is 1. The molecule has 1 aromatic rings. The van der Waals surface area contributed by atoms with E-state index in [2.05, 4.69) is 21.6 Å². The van der Waals surface area contributed by atoms with Gasteiger partial charge >= 0.3 is 5.97 Å². The minimum Gasteiger partial charge on any atom is -0.468 e. The van der Waals surface area contributed by atoms with Gasteiger partial charge in [-0.05, 0) is 0 Å². The monoisotopic (exact) mass is 224 g/mol. The third kappa shape index (κ3) is 3.49. The number of nitrogen functional groups attached to an aromatic ring is 1. The quantitative estimate of drug-likeness (QED) is 0.576. The highest BCUT2D eigenvalue weighted by Crippen LogP contribution is 2.15. The minimum absolute atomic E-state index is 0.0250. The second-order valence-corrected chi connectivity index (χ2v) is 3.05. The van der Waals surface area contributed by atoms with Gasteiger partial charge in [0, 0.05) is 12.3 Å². The van der Waals surface area contributed by atoms with Crippen LogP contribution < -0.4 is 5.73 Å². The van der Waals surface area contributed by atoms with Crippen LogP contribution in [0.15, 0.2) is 12.3 Å².